The van der Waals surface area contributed by atoms with E-state index in [0.717, 1.165) is 27.2 Å². The van der Waals surface area contributed by atoms with Crippen LogP contribution >= 0.6 is 15.9 Å². The third-order valence-corrected chi connectivity index (χ3v) is 3.32. The molecule has 0 bridgehead atoms. The predicted octanol–water partition coefficient (Wildman–Crippen LogP) is 3.06. The highest BCUT2D eigenvalue weighted by Crippen LogP contribution is 2.26. The number of hydrogen-bond acceptors (Lipinski definition) is 2. The molecule has 3 rings (SSSR count). The summed E-state index contributed by atoms with van der Waals surface area (Å²) in [5.74, 6) is 0. The van der Waals surface area contributed by atoms with Gasteiger partial charge in [0.25, 0.3) is 0 Å². The molecule has 0 amide bonds. The average Bonchev–Trinajstić information content (AvgIpc) is 2.72. The molecule has 0 aliphatic heterocycles. The van der Waals surface area contributed by atoms with Gasteiger partial charge in [-0.1, -0.05) is 28.1 Å². The highest BCUT2D eigenvalue weighted by atomic mass is 79.9. The second kappa shape index (κ2) is 3.42. The van der Waals surface area contributed by atoms with E-state index < -0.39 is 0 Å². The van der Waals surface area contributed by atoms with Gasteiger partial charge in [0, 0.05) is 21.4 Å². The maximum absolute atomic E-state index is 10.8. The van der Waals surface area contributed by atoms with Gasteiger partial charge in [0.2, 0.25) is 0 Å². The van der Waals surface area contributed by atoms with Crippen LogP contribution in [0, 0.1) is 0 Å². The summed E-state index contributed by atoms with van der Waals surface area (Å²) in [6.07, 6.45) is 4.26. The van der Waals surface area contributed by atoms with Crippen molar-refractivity contribution in [2.45, 2.75) is 0 Å². The smallest absolute Gasteiger partial charge is 0.168 e. The fourth-order valence-electron chi connectivity index (χ4n) is 1.87. The molecule has 3 nitrogen and oxygen atoms in total. The van der Waals surface area contributed by atoms with Crippen LogP contribution in [0.3, 0.4) is 0 Å². The van der Waals surface area contributed by atoms with Gasteiger partial charge in [-0.2, -0.15) is 0 Å². The maximum atomic E-state index is 10.8. The minimum atomic E-state index is 0.567. The number of nitrogens with zero attached hydrogens (tertiary/aromatic N) is 2. The summed E-state index contributed by atoms with van der Waals surface area (Å²) >= 11 is 3.50. The maximum Gasteiger partial charge on any atom is 0.168 e. The molecule has 0 saturated heterocycles. The Morgan fingerprint density at radius 1 is 1.25 bits per heavy atom. The van der Waals surface area contributed by atoms with E-state index in [1.807, 2.05) is 30.5 Å². The van der Waals surface area contributed by atoms with Crippen LogP contribution in [0.5, 0.6) is 0 Å². The van der Waals surface area contributed by atoms with E-state index in [1.54, 1.807) is 10.6 Å². The fraction of sp³-hybridized carbons (Fsp3) is 0. The summed E-state index contributed by atoms with van der Waals surface area (Å²) < 4.78 is 2.82. The number of carbonyl (C=O) groups is 1. The molecule has 0 radical (unpaired) electrons. The Morgan fingerprint density at radius 2 is 2.12 bits per heavy atom. The van der Waals surface area contributed by atoms with E-state index in [9.17, 15) is 4.79 Å². The molecule has 0 spiro atoms. The third-order valence-electron chi connectivity index (χ3n) is 2.63. The van der Waals surface area contributed by atoms with E-state index in [4.69, 9.17) is 0 Å². The molecule has 0 aliphatic carbocycles. The monoisotopic (exact) mass is 274 g/mol. The molecule has 0 atom stereocenters. The molecule has 2 aromatic heterocycles. The van der Waals surface area contributed by atoms with Gasteiger partial charge in [-0.05, 0) is 12.1 Å². The lowest BCUT2D eigenvalue weighted by atomic mass is 10.2. The summed E-state index contributed by atoms with van der Waals surface area (Å²) in [6, 6.07) is 7.92. The van der Waals surface area contributed by atoms with Crippen molar-refractivity contribution >= 4 is 38.6 Å². The van der Waals surface area contributed by atoms with E-state index in [2.05, 4.69) is 20.9 Å². The van der Waals surface area contributed by atoms with Crippen molar-refractivity contribution in [3.05, 3.63) is 46.8 Å². The SMILES string of the molecule is O=Cc1cnc2c3cccc(Br)c3ccn12. The van der Waals surface area contributed by atoms with Crippen molar-refractivity contribution in [3.8, 4) is 0 Å². The number of aldehydes is 1. The number of imidazole rings is 1. The molecule has 3 aromatic rings. The lowest BCUT2D eigenvalue weighted by molar-refractivity contribution is 0.111. The van der Waals surface area contributed by atoms with Crippen molar-refractivity contribution in [1.29, 1.82) is 0 Å². The molecule has 2 heterocycles. The standard InChI is InChI=1S/C12H7BrN2O/c13-11-3-1-2-10-9(11)4-5-15-8(7-16)6-14-12(10)15/h1-7H. The zero-order valence-corrected chi connectivity index (χ0v) is 9.81. The summed E-state index contributed by atoms with van der Waals surface area (Å²) in [5.41, 5.74) is 1.37. The van der Waals surface area contributed by atoms with Crippen molar-refractivity contribution in [2.75, 3.05) is 0 Å². The Hall–Kier alpha value is -1.68. The lowest BCUT2D eigenvalue weighted by Crippen LogP contribution is -1.90. The quantitative estimate of drug-likeness (QED) is 0.640. The highest BCUT2D eigenvalue weighted by Gasteiger charge is 2.07. The van der Waals surface area contributed by atoms with Gasteiger partial charge >= 0.3 is 0 Å². The normalized spacial score (nSPS) is 11.1. The van der Waals surface area contributed by atoms with Crippen molar-refractivity contribution < 1.29 is 4.79 Å². The van der Waals surface area contributed by atoms with Gasteiger partial charge in [0.1, 0.15) is 11.3 Å². The van der Waals surface area contributed by atoms with Crippen LogP contribution in [0.1, 0.15) is 10.5 Å². The molecule has 0 aliphatic rings. The molecule has 1 aromatic carbocycles. The molecule has 0 saturated carbocycles. The van der Waals surface area contributed by atoms with E-state index in [0.29, 0.717) is 5.69 Å². The zero-order valence-electron chi connectivity index (χ0n) is 8.22. The fourth-order valence-corrected chi connectivity index (χ4v) is 2.37. The van der Waals surface area contributed by atoms with Crippen LogP contribution in [0.25, 0.3) is 16.4 Å². The highest BCUT2D eigenvalue weighted by molar-refractivity contribution is 9.10. The van der Waals surface area contributed by atoms with Gasteiger partial charge in [0.05, 0.1) is 6.20 Å². The number of hydrogen-bond donors (Lipinski definition) is 0. The molecule has 0 fully saturated rings. The molecule has 16 heavy (non-hydrogen) atoms. The predicted molar refractivity (Wildman–Crippen MR) is 65.8 cm³/mol. The van der Waals surface area contributed by atoms with E-state index in [1.165, 1.54) is 0 Å². The topological polar surface area (TPSA) is 34.4 Å². The van der Waals surface area contributed by atoms with Crippen molar-refractivity contribution in [2.24, 2.45) is 0 Å². The molecule has 78 valence electrons. The Bertz CT molecular complexity index is 703. The van der Waals surface area contributed by atoms with Gasteiger partial charge < -0.3 is 0 Å². The first-order chi connectivity index (χ1) is 7.81. The van der Waals surface area contributed by atoms with Crippen LogP contribution < -0.4 is 0 Å². The summed E-state index contributed by atoms with van der Waals surface area (Å²) in [5, 5.41) is 2.13. The van der Waals surface area contributed by atoms with Crippen LogP contribution in [-0.2, 0) is 0 Å². The summed E-state index contributed by atoms with van der Waals surface area (Å²) in [6.45, 7) is 0. The van der Waals surface area contributed by atoms with Gasteiger partial charge in [-0.3, -0.25) is 9.20 Å². The minimum absolute atomic E-state index is 0.567. The van der Waals surface area contributed by atoms with E-state index in [-0.39, 0.29) is 0 Å². The number of rotatable bonds is 1. The van der Waals surface area contributed by atoms with E-state index >= 15 is 0 Å². The Morgan fingerprint density at radius 3 is 2.94 bits per heavy atom. The molecule has 0 unspecified atom stereocenters. The molecular weight excluding hydrogens is 268 g/mol. The Kier molecular flexibility index (Phi) is 2.04. The van der Waals surface area contributed by atoms with Crippen LogP contribution in [0.2, 0.25) is 0 Å². The Balaban J connectivity index is 2.55. The van der Waals surface area contributed by atoms with Gasteiger partial charge in [0.15, 0.2) is 6.29 Å². The third kappa shape index (κ3) is 1.20. The zero-order chi connectivity index (χ0) is 11.1. The number of halogens is 1. The van der Waals surface area contributed by atoms with Crippen LogP contribution in [0.15, 0.2) is 41.1 Å². The largest absolute Gasteiger partial charge is 0.297 e. The number of carbonyl (C=O) groups excluding carboxylic acids is 1. The molecular formula is C12H7BrN2O. The molecule has 4 heteroatoms. The number of benzene rings is 1. The van der Waals surface area contributed by atoms with Gasteiger partial charge in [-0.15, -0.1) is 0 Å². The van der Waals surface area contributed by atoms with Crippen molar-refractivity contribution in [3.63, 3.8) is 0 Å². The minimum Gasteiger partial charge on any atom is -0.297 e. The van der Waals surface area contributed by atoms with Crippen LogP contribution in [-0.4, -0.2) is 15.7 Å². The van der Waals surface area contributed by atoms with Crippen molar-refractivity contribution in [1.82, 2.24) is 9.38 Å². The summed E-state index contributed by atoms with van der Waals surface area (Å²) in [4.78, 5) is 15.1. The second-order valence-electron chi connectivity index (χ2n) is 3.51. The Labute approximate surface area is 99.8 Å². The summed E-state index contributed by atoms with van der Waals surface area (Å²) in [7, 11) is 0. The van der Waals surface area contributed by atoms with Gasteiger partial charge in [-0.25, -0.2) is 4.98 Å². The first-order valence-electron chi connectivity index (χ1n) is 4.81. The number of pyridine rings is 1. The first-order valence-corrected chi connectivity index (χ1v) is 5.60. The number of aromatic nitrogens is 2. The second-order valence-corrected chi connectivity index (χ2v) is 4.37. The average molecular weight is 275 g/mol. The first kappa shape index (κ1) is 9.54. The van der Waals surface area contributed by atoms with Crippen LogP contribution in [0.4, 0.5) is 0 Å². The number of fused-ring (bicyclic) bond motifs is 3. The lowest BCUT2D eigenvalue weighted by Gasteiger charge is -2.02. The molecule has 0 N–H and O–H groups in total.